The SMILES string of the molecule is CC(c1ccccc1Cl)N(C)c1ccc(N)cn1. The molecule has 0 aliphatic heterocycles. The molecular weight excluding hydrogens is 246 g/mol. The van der Waals surface area contributed by atoms with Gasteiger partial charge in [-0.2, -0.15) is 0 Å². The standard InChI is InChI=1S/C14H16ClN3/c1-10(12-5-3-4-6-13(12)15)18(2)14-8-7-11(16)9-17-14/h3-10H,16H2,1-2H3. The van der Waals surface area contributed by atoms with Crippen LogP contribution in [0, 0.1) is 0 Å². The molecule has 3 nitrogen and oxygen atoms in total. The van der Waals surface area contributed by atoms with Gasteiger partial charge in [0.15, 0.2) is 0 Å². The van der Waals surface area contributed by atoms with Crippen LogP contribution >= 0.6 is 11.6 Å². The van der Waals surface area contributed by atoms with Gasteiger partial charge in [-0.15, -0.1) is 0 Å². The molecule has 0 saturated heterocycles. The molecule has 0 amide bonds. The largest absolute Gasteiger partial charge is 0.397 e. The first-order valence-corrected chi connectivity index (χ1v) is 6.16. The van der Waals surface area contributed by atoms with Crippen LogP contribution in [-0.4, -0.2) is 12.0 Å². The molecule has 0 aliphatic carbocycles. The first kappa shape index (κ1) is 12.7. The van der Waals surface area contributed by atoms with E-state index in [1.54, 1.807) is 6.20 Å². The van der Waals surface area contributed by atoms with E-state index in [-0.39, 0.29) is 6.04 Å². The van der Waals surface area contributed by atoms with E-state index in [1.165, 1.54) is 0 Å². The maximum absolute atomic E-state index is 6.21. The molecule has 1 aromatic heterocycles. The van der Waals surface area contributed by atoms with Crippen molar-refractivity contribution in [3.05, 3.63) is 53.2 Å². The summed E-state index contributed by atoms with van der Waals surface area (Å²) in [6, 6.07) is 11.7. The Hall–Kier alpha value is -1.74. The predicted molar refractivity (Wildman–Crippen MR) is 76.9 cm³/mol. The van der Waals surface area contributed by atoms with Gasteiger partial charge in [0, 0.05) is 12.1 Å². The summed E-state index contributed by atoms with van der Waals surface area (Å²) in [6.07, 6.45) is 1.66. The minimum absolute atomic E-state index is 0.148. The Bertz CT molecular complexity index is 525. The van der Waals surface area contributed by atoms with Gasteiger partial charge in [0.05, 0.1) is 17.9 Å². The number of anilines is 2. The summed E-state index contributed by atoms with van der Waals surface area (Å²) in [5.41, 5.74) is 7.38. The van der Waals surface area contributed by atoms with Crippen LogP contribution < -0.4 is 10.6 Å². The number of benzene rings is 1. The zero-order valence-electron chi connectivity index (χ0n) is 10.5. The molecule has 0 fully saturated rings. The number of nitrogens with zero attached hydrogens (tertiary/aromatic N) is 2. The highest BCUT2D eigenvalue weighted by Crippen LogP contribution is 2.28. The minimum atomic E-state index is 0.148. The Morgan fingerprint density at radius 1 is 1.22 bits per heavy atom. The summed E-state index contributed by atoms with van der Waals surface area (Å²) in [7, 11) is 1.99. The molecule has 1 atom stereocenters. The van der Waals surface area contributed by atoms with Crippen molar-refractivity contribution >= 4 is 23.1 Å². The summed E-state index contributed by atoms with van der Waals surface area (Å²) in [4.78, 5) is 6.38. The molecule has 94 valence electrons. The van der Waals surface area contributed by atoms with E-state index in [4.69, 9.17) is 17.3 Å². The third kappa shape index (κ3) is 2.57. The van der Waals surface area contributed by atoms with Crippen LogP contribution in [0.1, 0.15) is 18.5 Å². The number of rotatable bonds is 3. The molecule has 0 aliphatic rings. The van der Waals surface area contributed by atoms with Gasteiger partial charge in [0.1, 0.15) is 5.82 Å². The molecule has 2 N–H and O–H groups in total. The highest BCUT2D eigenvalue weighted by atomic mass is 35.5. The average Bonchev–Trinajstić information content (AvgIpc) is 2.38. The average molecular weight is 262 g/mol. The van der Waals surface area contributed by atoms with E-state index in [0.29, 0.717) is 5.69 Å². The Labute approximate surface area is 112 Å². The van der Waals surface area contributed by atoms with E-state index < -0.39 is 0 Å². The molecule has 1 heterocycles. The molecule has 0 radical (unpaired) electrons. The quantitative estimate of drug-likeness (QED) is 0.919. The Morgan fingerprint density at radius 2 is 1.94 bits per heavy atom. The maximum Gasteiger partial charge on any atom is 0.128 e. The van der Waals surface area contributed by atoms with Crippen molar-refractivity contribution < 1.29 is 0 Å². The Kier molecular flexibility index (Phi) is 3.72. The molecule has 1 unspecified atom stereocenters. The molecular formula is C14H16ClN3. The summed E-state index contributed by atoms with van der Waals surface area (Å²) < 4.78 is 0. The first-order valence-electron chi connectivity index (χ1n) is 5.78. The lowest BCUT2D eigenvalue weighted by Gasteiger charge is -2.27. The Morgan fingerprint density at radius 3 is 2.56 bits per heavy atom. The van der Waals surface area contributed by atoms with E-state index in [2.05, 4.69) is 16.8 Å². The second-order valence-corrected chi connectivity index (χ2v) is 4.67. The number of nitrogen functional groups attached to an aromatic ring is 1. The number of hydrogen-bond acceptors (Lipinski definition) is 3. The van der Waals surface area contributed by atoms with Gasteiger partial charge in [-0.1, -0.05) is 29.8 Å². The summed E-state index contributed by atoms with van der Waals surface area (Å²) in [5, 5.41) is 0.771. The predicted octanol–water partition coefficient (Wildman–Crippen LogP) is 3.51. The molecule has 2 rings (SSSR count). The van der Waals surface area contributed by atoms with Crippen LogP contribution in [0.5, 0.6) is 0 Å². The van der Waals surface area contributed by atoms with Gasteiger partial charge >= 0.3 is 0 Å². The molecule has 0 spiro atoms. The van der Waals surface area contributed by atoms with Crippen molar-refractivity contribution in [3.8, 4) is 0 Å². The van der Waals surface area contributed by atoms with Crippen molar-refractivity contribution in [2.24, 2.45) is 0 Å². The summed E-state index contributed by atoms with van der Waals surface area (Å²) in [5.74, 6) is 0.872. The fourth-order valence-corrected chi connectivity index (χ4v) is 2.12. The lowest BCUT2D eigenvalue weighted by atomic mass is 10.1. The van der Waals surface area contributed by atoms with Crippen molar-refractivity contribution in [2.45, 2.75) is 13.0 Å². The highest BCUT2D eigenvalue weighted by molar-refractivity contribution is 6.31. The second-order valence-electron chi connectivity index (χ2n) is 4.26. The van der Waals surface area contributed by atoms with Crippen molar-refractivity contribution in [3.63, 3.8) is 0 Å². The van der Waals surface area contributed by atoms with Gasteiger partial charge in [-0.25, -0.2) is 4.98 Å². The van der Waals surface area contributed by atoms with Gasteiger partial charge < -0.3 is 10.6 Å². The second kappa shape index (κ2) is 5.27. The van der Waals surface area contributed by atoms with Gasteiger partial charge in [0.25, 0.3) is 0 Å². The van der Waals surface area contributed by atoms with Gasteiger partial charge in [0.2, 0.25) is 0 Å². The Balaban J connectivity index is 2.26. The molecule has 1 aromatic carbocycles. The number of pyridine rings is 1. The van der Waals surface area contributed by atoms with E-state index >= 15 is 0 Å². The summed E-state index contributed by atoms with van der Waals surface area (Å²) in [6.45, 7) is 2.10. The van der Waals surface area contributed by atoms with Gasteiger partial charge in [-0.3, -0.25) is 0 Å². The minimum Gasteiger partial charge on any atom is -0.397 e. The van der Waals surface area contributed by atoms with E-state index in [1.807, 2.05) is 43.4 Å². The zero-order chi connectivity index (χ0) is 13.1. The van der Waals surface area contributed by atoms with E-state index in [0.717, 1.165) is 16.4 Å². The van der Waals surface area contributed by atoms with Crippen LogP contribution in [0.15, 0.2) is 42.6 Å². The molecule has 0 saturated carbocycles. The van der Waals surface area contributed by atoms with Crippen molar-refractivity contribution in [2.75, 3.05) is 17.7 Å². The lowest BCUT2D eigenvalue weighted by molar-refractivity contribution is 0.729. The van der Waals surface area contributed by atoms with Crippen LogP contribution in [0.2, 0.25) is 5.02 Å². The topological polar surface area (TPSA) is 42.1 Å². The first-order chi connectivity index (χ1) is 8.59. The lowest BCUT2D eigenvalue weighted by Crippen LogP contribution is -2.22. The molecule has 4 heteroatoms. The van der Waals surface area contributed by atoms with Crippen molar-refractivity contribution in [1.82, 2.24) is 4.98 Å². The maximum atomic E-state index is 6.21. The zero-order valence-corrected chi connectivity index (χ0v) is 11.2. The summed E-state index contributed by atoms with van der Waals surface area (Å²) >= 11 is 6.21. The molecule has 0 bridgehead atoms. The smallest absolute Gasteiger partial charge is 0.128 e. The molecule has 2 aromatic rings. The number of hydrogen-bond donors (Lipinski definition) is 1. The van der Waals surface area contributed by atoms with Gasteiger partial charge in [-0.05, 0) is 30.7 Å². The fourth-order valence-electron chi connectivity index (χ4n) is 1.83. The van der Waals surface area contributed by atoms with Crippen molar-refractivity contribution in [1.29, 1.82) is 0 Å². The number of halogens is 1. The van der Waals surface area contributed by atoms with Crippen LogP contribution in [-0.2, 0) is 0 Å². The van der Waals surface area contributed by atoms with E-state index in [9.17, 15) is 0 Å². The number of nitrogens with two attached hydrogens (primary N) is 1. The molecule has 18 heavy (non-hydrogen) atoms. The monoisotopic (exact) mass is 261 g/mol. The third-order valence-electron chi connectivity index (χ3n) is 3.07. The fraction of sp³-hybridized carbons (Fsp3) is 0.214. The highest BCUT2D eigenvalue weighted by Gasteiger charge is 2.15. The van der Waals surface area contributed by atoms with Crippen LogP contribution in [0.25, 0.3) is 0 Å². The van der Waals surface area contributed by atoms with Crippen LogP contribution in [0.4, 0.5) is 11.5 Å². The normalized spacial score (nSPS) is 12.2. The van der Waals surface area contributed by atoms with Crippen LogP contribution in [0.3, 0.4) is 0 Å². The third-order valence-corrected chi connectivity index (χ3v) is 3.41. The number of aromatic nitrogens is 1.